The molecule has 192 valence electrons. The second-order valence-electron chi connectivity index (χ2n) is 8.33. The first-order valence-electron chi connectivity index (χ1n) is 11.6. The maximum absolute atomic E-state index is 13.3. The third-order valence-corrected chi connectivity index (χ3v) is 8.34. The highest BCUT2D eigenvalue weighted by atomic mass is 32.2. The van der Waals surface area contributed by atoms with E-state index in [0.717, 1.165) is 27.5 Å². The monoisotopic (exact) mass is 546 g/mol. The van der Waals surface area contributed by atoms with E-state index in [-0.39, 0.29) is 17.0 Å². The first-order chi connectivity index (χ1) is 18.3. The van der Waals surface area contributed by atoms with Gasteiger partial charge in [0, 0.05) is 16.3 Å². The summed E-state index contributed by atoms with van der Waals surface area (Å²) in [6.45, 7) is -0.565. The van der Waals surface area contributed by atoms with Crippen molar-refractivity contribution >= 4 is 45.0 Å². The van der Waals surface area contributed by atoms with E-state index in [0.29, 0.717) is 11.4 Å². The number of hydrogen-bond donors (Lipinski definition) is 2. The number of nitrogens with zero attached hydrogens (tertiary/aromatic N) is 1. The molecule has 0 radical (unpaired) electrons. The van der Waals surface area contributed by atoms with Crippen molar-refractivity contribution in [3.05, 3.63) is 108 Å². The lowest BCUT2D eigenvalue weighted by Crippen LogP contribution is -2.32. The topological polar surface area (TPSA) is 113 Å². The molecule has 0 atom stereocenters. The molecule has 0 aliphatic carbocycles. The molecule has 4 aromatic carbocycles. The number of fused-ring (bicyclic) bond motifs is 2. The molecular formula is C28H22N2O6S2. The summed E-state index contributed by atoms with van der Waals surface area (Å²) >= 11 is 1.54. The van der Waals surface area contributed by atoms with Gasteiger partial charge in [0.2, 0.25) is 10.0 Å². The Morgan fingerprint density at radius 1 is 0.842 bits per heavy atom. The molecule has 1 heterocycles. The molecule has 4 aromatic rings. The van der Waals surface area contributed by atoms with Gasteiger partial charge < -0.3 is 9.84 Å². The SMILES string of the molecule is O=C(OCC(=O)N1c2ccccc2Sc2ccccc21)c1cc(S(=O)(=O)NCc2ccccc2)ccc1O. The van der Waals surface area contributed by atoms with Gasteiger partial charge in [-0.3, -0.25) is 9.69 Å². The summed E-state index contributed by atoms with van der Waals surface area (Å²) in [5.41, 5.74) is 1.72. The lowest BCUT2D eigenvalue weighted by Gasteiger charge is -2.30. The van der Waals surface area contributed by atoms with Crippen LogP contribution >= 0.6 is 11.8 Å². The Morgan fingerprint density at radius 2 is 1.45 bits per heavy atom. The molecule has 5 rings (SSSR count). The van der Waals surface area contributed by atoms with Gasteiger partial charge in [0.25, 0.3) is 5.91 Å². The highest BCUT2D eigenvalue weighted by Gasteiger charge is 2.29. The number of hydrogen-bond acceptors (Lipinski definition) is 7. The van der Waals surface area contributed by atoms with Crippen molar-refractivity contribution in [1.29, 1.82) is 0 Å². The third kappa shape index (κ3) is 5.28. The van der Waals surface area contributed by atoms with Gasteiger partial charge in [-0.05, 0) is 48.0 Å². The maximum atomic E-state index is 13.3. The van der Waals surface area contributed by atoms with Crippen LogP contribution in [0.2, 0.25) is 0 Å². The highest BCUT2D eigenvalue weighted by Crippen LogP contribution is 2.47. The molecule has 10 heteroatoms. The molecule has 0 bridgehead atoms. The first kappa shape index (κ1) is 25.5. The Bertz CT molecular complexity index is 1580. The molecule has 1 amide bonds. The van der Waals surface area contributed by atoms with Gasteiger partial charge in [-0.2, -0.15) is 0 Å². The number of carbonyl (C=O) groups excluding carboxylic acids is 2. The maximum Gasteiger partial charge on any atom is 0.342 e. The van der Waals surface area contributed by atoms with Crippen LogP contribution in [0.3, 0.4) is 0 Å². The van der Waals surface area contributed by atoms with Crippen molar-refractivity contribution in [2.45, 2.75) is 21.2 Å². The molecule has 0 spiro atoms. The second kappa shape index (κ2) is 10.7. The number of benzene rings is 4. The van der Waals surface area contributed by atoms with Crippen LogP contribution in [0.15, 0.2) is 112 Å². The lowest BCUT2D eigenvalue weighted by molar-refractivity contribution is -0.121. The van der Waals surface area contributed by atoms with Gasteiger partial charge in [-0.15, -0.1) is 0 Å². The first-order valence-corrected chi connectivity index (χ1v) is 13.9. The number of amides is 1. The minimum atomic E-state index is -3.99. The van der Waals surface area contributed by atoms with Gasteiger partial charge in [0.15, 0.2) is 6.61 Å². The zero-order valence-electron chi connectivity index (χ0n) is 19.9. The van der Waals surface area contributed by atoms with E-state index in [1.807, 2.05) is 42.5 Å². The number of sulfonamides is 1. The molecule has 2 N–H and O–H groups in total. The molecule has 8 nitrogen and oxygen atoms in total. The van der Waals surface area contributed by atoms with Crippen LogP contribution in [-0.2, 0) is 26.1 Å². The molecular weight excluding hydrogens is 524 g/mol. The van der Waals surface area contributed by atoms with Gasteiger partial charge in [-0.25, -0.2) is 17.9 Å². The molecule has 38 heavy (non-hydrogen) atoms. The van der Waals surface area contributed by atoms with E-state index in [4.69, 9.17) is 4.74 Å². The Kier molecular flexibility index (Phi) is 7.19. The van der Waals surface area contributed by atoms with Crippen LogP contribution < -0.4 is 9.62 Å². The fraction of sp³-hybridized carbons (Fsp3) is 0.0714. The van der Waals surface area contributed by atoms with E-state index in [2.05, 4.69) is 4.72 Å². The lowest BCUT2D eigenvalue weighted by atomic mass is 10.2. The summed E-state index contributed by atoms with van der Waals surface area (Å²) in [6.07, 6.45) is 0. The predicted molar refractivity (Wildman–Crippen MR) is 143 cm³/mol. The number of anilines is 2. The molecule has 0 saturated carbocycles. The number of ether oxygens (including phenoxy) is 1. The molecule has 0 aromatic heterocycles. The normalized spacial score (nSPS) is 12.4. The molecule has 1 aliphatic rings. The number of rotatable bonds is 7. The molecule has 1 aliphatic heterocycles. The van der Waals surface area contributed by atoms with Crippen LogP contribution in [0.1, 0.15) is 15.9 Å². The van der Waals surface area contributed by atoms with Gasteiger partial charge in [0.1, 0.15) is 11.3 Å². The number of aromatic hydroxyl groups is 1. The zero-order chi connectivity index (χ0) is 26.7. The van der Waals surface area contributed by atoms with E-state index in [1.54, 1.807) is 36.4 Å². The van der Waals surface area contributed by atoms with Gasteiger partial charge in [0.05, 0.1) is 16.3 Å². The summed E-state index contributed by atoms with van der Waals surface area (Å²) in [5.74, 6) is -1.98. The number of phenols is 1. The summed E-state index contributed by atoms with van der Waals surface area (Å²) < 4.78 is 33.3. The Morgan fingerprint density at radius 3 is 2.11 bits per heavy atom. The summed E-state index contributed by atoms with van der Waals surface area (Å²) in [4.78, 5) is 29.1. The smallest absolute Gasteiger partial charge is 0.342 e. The van der Waals surface area contributed by atoms with Crippen molar-refractivity contribution in [3.63, 3.8) is 0 Å². The molecule has 0 saturated heterocycles. The number of esters is 1. The van der Waals surface area contributed by atoms with Gasteiger partial charge in [-0.1, -0.05) is 66.4 Å². The predicted octanol–water partition coefficient (Wildman–Crippen LogP) is 4.86. The Labute approximate surface area is 223 Å². The van der Waals surface area contributed by atoms with E-state index >= 15 is 0 Å². The van der Waals surface area contributed by atoms with Crippen molar-refractivity contribution < 1.29 is 27.9 Å². The number of phenolic OH excluding ortho intramolecular Hbond substituents is 1. The van der Waals surface area contributed by atoms with Crippen LogP contribution in [0.25, 0.3) is 0 Å². The summed E-state index contributed by atoms with van der Waals surface area (Å²) in [7, 11) is -3.99. The Balaban J connectivity index is 1.32. The van der Waals surface area contributed by atoms with Gasteiger partial charge >= 0.3 is 5.97 Å². The van der Waals surface area contributed by atoms with E-state index in [1.165, 1.54) is 22.7 Å². The zero-order valence-corrected chi connectivity index (χ0v) is 21.5. The third-order valence-electron chi connectivity index (χ3n) is 5.82. The minimum absolute atomic E-state index is 0.0510. The van der Waals surface area contributed by atoms with Crippen LogP contribution in [0.5, 0.6) is 5.75 Å². The summed E-state index contributed by atoms with van der Waals surface area (Å²) in [6, 6.07) is 27.1. The number of para-hydroxylation sites is 2. The quantitative estimate of drug-likeness (QED) is 0.319. The largest absolute Gasteiger partial charge is 0.507 e. The van der Waals surface area contributed by atoms with E-state index in [9.17, 15) is 23.1 Å². The fourth-order valence-corrected chi connectivity index (χ4v) is 6.05. The average Bonchev–Trinajstić information content (AvgIpc) is 2.94. The second-order valence-corrected chi connectivity index (χ2v) is 11.2. The Hall–Kier alpha value is -4.12. The highest BCUT2D eigenvalue weighted by molar-refractivity contribution is 7.99. The average molecular weight is 547 g/mol. The van der Waals surface area contributed by atoms with Crippen molar-refractivity contribution in [1.82, 2.24) is 4.72 Å². The standard InChI is InChI=1S/C28H22N2O6S2/c31-24-15-14-20(38(34,35)29-17-19-8-2-1-3-9-19)16-21(24)28(33)36-18-27(32)30-22-10-4-6-12-25(22)37-26-13-7-5-11-23(26)30/h1-16,29,31H,17-18H2. The van der Waals surface area contributed by atoms with Crippen molar-refractivity contribution in [2.24, 2.45) is 0 Å². The molecule has 0 unspecified atom stereocenters. The van der Waals surface area contributed by atoms with E-state index < -0.39 is 34.3 Å². The van der Waals surface area contributed by atoms with Crippen LogP contribution in [-0.4, -0.2) is 32.0 Å². The van der Waals surface area contributed by atoms with Crippen LogP contribution in [0, 0.1) is 0 Å². The number of carbonyl (C=O) groups is 2. The number of nitrogens with one attached hydrogen (secondary N) is 1. The van der Waals surface area contributed by atoms with Crippen molar-refractivity contribution in [2.75, 3.05) is 11.5 Å². The molecule has 0 fully saturated rings. The summed E-state index contributed by atoms with van der Waals surface area (Å²) in [5, 5.41) is 10.2. The van der Waals surface area contributed by atoms with Crippen molar-refractivity contribution in [3.8, 4) is 5.75 Å². The fourth-order valence-electron chi connectivity index (χ4n) is 3.95. The van der Waals surface area contributed by atoms with Crippen LogP contribution in [0.4, 0.5) is 11.4 Å². The minimum Gasteiger partial charge on any atom is -0.507 e.